The van der Waals surface area contributed by atoms with Gasteiger partial charge in [0.1, 0.15) is 0 Å². The van der Waals surface area contributed by atoms with Gasteiger partial charge in [-0.15, -0.1) is 11.3 Å². The van der Waals surface area contributed by atoms with Crippen molar-refractivity contribution in [2.24, 2.45) is 0 Å². The second-order valence-corrected chi connectivity index (χ2v) is 6.84. The predicted octanol–water partition coefficient (Wildman–Crippen LogP) is 2.57. The van der Waals surface area contributed by atoms with Gasteiger partial charge in [-0.25, -0.2) is 4.98 Å². The van der Waals surface area contributed by atoms with E-state index in [4.69, 9.17) is 0 Å². The SMILES string of the molecule is CCn1cc(C2CCN([C@@H](C)C(=O)Nc3nccs3)CC2)cn1. The van der Waals surface area contributed by atoms with E-state index in [1.807, 2.05) is 23.2 Å². The monoisotopic (exact) mass is 333 g/mol. The number of rotatable bonds is 5. The summed E-state index contributed by atoms with van der Waals surface area (Å²) in [7, 11) is 0. The van der Waals surface area contributed by atoms with Gasteiger partial charge < -0.3 is 5.32 Å². The first-order chi connectivity index (χ1) is 11.2. The van der Waals surface area contributed by atoms with Crippen LogP contribution in [0, 0.1) is 0 Å². The first-order valence-corrected chi connectivity index (χ1v) is 9.02. The lowest BCUT2D eigenvalue weighted by Crippen LogP contribution is -2.45. The molecule has 1 amide bonds. The fraction of sp³-hybridized carbons (Fsp3) is 0.562. The normalized spacial score (nSPS) is 18.0. The number of aryl methyl sites for hydroxylation is 1. The third kappa shape index (κ3) is 3.79. The Balaban J connectivity index is 1.52. The molecule has 0 bridgehead atoms. The quantitative estimate of drug-likeness (QED) is 0.913. The van der Waals surface area contributed by atoms with Crippen molar-refractivity contribution in [2.45, 2.75) is 45.2 Å². The van der Waals surface area contributed by atoms with Gasteiger partial charge in [-0.1, -0.05) is 0 Å². The van der Waals surface area contributed by atoms with E-state index in [1.165, 1.54) is 16.9 Å². The third-order valence-electron chi connectivity index (χ3n) is 4.57. The zero-order valence-corrected chi connectivity index (χ0v) is 14.4. The first-order valence-electron chi connectivity index (χ1n) is 8.14. The highest BCUT2D eigenvalue weighted by molar-refractivity contribution is 7.13. The minimum Gasteiger partial charge on any atom is -0.301 e. The molecule has 1 N–H and O–H groups in total. The number of nitrogens with zero attached hydrogens (tertiary/aromatic N) is 4. The molecule has 1 fully saturated rings. The Kier molecular flexibility index (Phi) is 5.07. The van der Waals surface area contributed by atoms with Crippen molar-refractivity contribution in [2.75, 3.05) is 18.4 Å². The lowest BCUT2D eigenvalue weighted by Gasteiger charge is -2.34. The molecule has 124 valence electrons. The van der Waals surface area contributed by atoms with E-state index in [-0.39, 0.29) is 11.9 Å². The van der Waals surface area contributed by atoms with Crippen LogP contribution in [0.5, 0.6) is 0 Å². The smallest absolute Gasteiger partial charge is 0.243 e. The van der Waals surface area contributed by atoms with Crippen LogP contribution in [0.1, 0.15) is 38.2 Å². The number of nitrogens with one attached hydrogen (secondary N) is 1. The number of hydrogen-bond donors (Lipinski definition) is 1. The Hall–Kier alpha value is -1.73. The minimum atomic E-state index is -0.127. The molecule has 0 unspecified atom stereocenters. The highest BCUT2D eigenvalue weighted by Gasteiger charge is 2.28. The van der Waals surface area contributed by atoms with Crippen molar-refractivity contribution in [1.29, 1.82) is 0 Å². The van der Waals surface area contributed by atoms with E-state index in [0.717, 1.165) is 32.5 Å². The maximum atomic E-state index is 12.3. The lowest BCUT2D eigenvalue weighted by atomic mass is 9.91. The van der Waals surface area contributed by atoms with Crippen LogP contribution in [0.15, 0.2) is 24.0 Å². The highest BCUT2D eigenvalue weighted by Crippen LogP contribution is 2.28. The number of likely N-dealkylation sites (tertiary alicyclic amines) is 1. The standard InChI is InChI=1S/C16H23N5OS/c1-3-21-11-14(10-18-21)13-4-7-20(8-5-13)12(2)15(22)19-16-17-6-9-23-16/h6,9-13H,3-5,7-8H2,1-2H3,(H,17,19,22)/t12-/m0/s1. The van der Waals surface area contributed by atoms with Crippen LogP contribution in [-0.4, -0.2) is 44.7 Å². The number of thiazole rings is 1. The lowest BCUT2D eigenvalue weighted by molar-refractivity contribution is -0.121. The summed E-state index contributed by atoms with van der Waals surface area (Å²) in [5, 5.41) is 9.79. The third-order valence-corrected chi connectivity index (χ3v) is 5.26. The Morgan fingerprint density at radius 3 is 2.87 bits per heavy atom. The van der Waals surface area contributed by atoms with Gasteiger partial charge in [-0.05, 0) is 51.3 Å². The molecule has 0 aromatic carbocycles. The largest absolute Gasteiger partial charge is 0.301 e. The number of carbonyl (C=O) groups is 1. The minimum absolute atomic E-state index is 0.0252. The van der Waals surface area contributed by atoms with Gasteiger partial charge in [0.2, 0.25) is 5.91 Å². The number of aromatic nitrogens is 3. The molecule has 0 spiro atoms. The van der Waals surface area contributed by atoms with Crippen molar-refractivity contribution in [3.63, 3.8) is 0 Å². The molecule has 1 aliphatic heterocycles. The van der Waals surface area contributed by atoms with Crippen LogP contribution in [-0.2, 0) is 11.3 Å². The van der Waals surface area contributed by atoms with Crippen molar-refractivity contribution >= 4 is 22.4 Å². The summed E-state index contributed by atoms with van der Waals surface area (Å²) in [5.74, 6) is 0.581. The molecule has 23 heavy (non-hydrogen) atoms. The number of anilines is 1. The molecule has 2 aromatic heterocycles. The van der Waals surface area contributed by atoms with Crippen molar-refractivity contribution < 1.29 is 4.79 Å². The zero-order chi connectivity index (χ0) is 16.2. The summed E-state index contributed by atoms with van der Waals surface area (Å²) in [4.78, 5) is 18.7. The fourth-order valence-electron chi connectivity index (χ4n) is 3.04. The second kappa shape index (κ2) is 7.23. The van der Waals surface area contributed by atoms with Gasteiger partial charge in [0.25, 0.3) is 0 Å². The summed E-state index contributed by atoms with van der Waals surface area (Å²) < 4.78 is 1.98. The van der Waals surface area contributed by atoms with Crippen molar-refractivity contribution in [1.82, 2.24) is 19.7 Å². The van der Waals surface area contributed by atoms with Gasteiger partial charge in [0, 0.05) is 24.3 Å². The van der Waals surface area contributed by atoms with Crippen LogP contribution in [0.25, 0.3) is 0 Å². The number of amides is 1. The number of hydrogen-bond acceptors (Lipinski definition) is 5. The second-order valence-electron chi connectivity index (χ2n) is 5.94. The summed E-state index contributed by atoms with van der Waals surface area (Å²) in [5.41, 5.74) is 1.33. The van der Waals surface area contributed by atoms with Crippen LogP contribution in [0.3, 0.4) is 0 Å². The van der Waals surface area contributed by atoms with Gasteiger partial charge in [0.05, 0.1) is 12.2 Å². The predicted molar refractivity (Wildman–Crippen MR) is 91.7 cm³/mol. The highest BCUT2D eigenvalue weighted by atomic mass is 32.1. The van der Waals surface area contributed by atoms with E-state index >= 15 is 0 Å². The maximum absolute atomic E-state index is 12.3. The van der Waals surface area contributed by atoms with Gasteiger partial charge in [-0.2, -0.15) is 5.10 Å². The molecule has 2 aromatic rings. The van der Waals surface area contributed by atoms with E-state index in [1.54, 1.807) is 6.20 Å². The van der Waals surface area contributed by atoms with Crippen LogP contribution < -0.4 is 5.32 Å². The molecule has 1 atom stereocenters. The summed E-state index contributed by atoms with van der Waals surface area (Å²) in [6.45, 7) is 6.86. The average Bonchev–Trinajstić information content (AvgIpc) is 3.25. The van der Waals surface area contributed by atoms with Crippen LogP contribution in [0.2, 0.25) is 0 Å². The van der Waals surface area contributed by atoms with Gasteiger partial charge in [-0.3, -0.25) is 14.4 Å². The topological polar surface area (TPSA) is 63.1 Å². The zero-order valence-electron chi connectivity index (χ0n) is 13.6. The molecule has 6 nitrogen and oxygen atoms in total. The molecule has 3 heterocycles. The molecule has 1 aliphatic rings. The van der Waals surface area contributed by atoms with Gasteiger partial charge in [0.15, 0.2) is 5.13 Å². The Morgan fingerprint density at radius 2 is 2.26 bits per heavy atom. The summed E-state index contributed by atoms with van der Waals surface area (Å²) >= 11 is 1.45. The van der Waals surface area contributed by atoms with Gasteiger partial charge >= 0.3 is 0 Å². The fourth-order valence-corrected chi connectivity index (χ4v) is 3.58. The Bertz CT molecular complexity index is 631. The molecule has 1 saturated heterocycles. The summed E-state index contributed by atoms with van der Waals surface area (Å²) in [6, 6.07) is -0.127. The average molecular weight is 333 g/mol. The summed E-state index contributed by atoms with van der Waals surface area (Å²) in [6.07, 6.45) is 7.99. The van der Waals surface area contributed by atoms with E-state index < -0.39 is 0 Å². The van der Waals surface area contributed by atoms with E-state index in [0.29, 0.717) is 11.0 Å². The van der Waals surface area contributed by atoms with Crippen LogP contribution in [0.4, 0.5) is 5.13 Å². The van der Waals surface area contributed by atoms with E-state index in [9.17, 15) is 4.79 Å². The first kappa shape index (κ1) is 16.1. The molecule has 0 saturated carbocycles. The van der Waals surface area contributed by atoms with Crippen molar-refractivity contribution in [3.05, 3.63) is 29.5 Å². The molecule has 0 aliphatic carbocycles. The van der Waals surface area contributed by atoms with E-state index in [2.05, 4.69) is 33.4 Å². The van der Waals surface area contributed by atoms with Crippen LogP contribution >= 0.6 is 11.3 Å². The number of carbonyl (C=O) groups excluding carboxylic acids is 1. The Morgan fingerprint density at radius 1 is 1.48 bits per heavy atom. The molecular weight excluding hydrogens is 310 g/mol. The van der Waals surface area contributed by atoms with Crippen molar-refractivity contribution in [3.8, 4) is 0 Å². The maximum Gasteiger partial charge on any atom is 0.243 e. The molecule has 0 radical (unpaired) electrons. The number of piperidine rings is 1. The molecular formula is C16H23N5OS. The Labute approximate surface area is 140 Å². The molecule has 7 heteroatoms. The molecule has 3 rings (SSSR count).